The van der Waals surface area contributed by atoms with Gasteiger partial charge in [0.05, 0.1) is 35.1 Å². The second kappa shape index (κ2) is 7.18. The molecule has 1 aliphatic carbocycles. The highest BCUT2D eigenvalue weighted by molar-refractivity contribution is 5.93. The summed E-state index contributed by atoms with van der Waals surface area (Å²) < 4.78 is 21.2. The van der Waals surface area contributed by atoms with E-state index >= 15 is 0 Å². The van der Waals surface area contributed by atoms with E-state index < -0.39 is 42.0 Å². The lowest BCUT2D eigenvalue weighted by atomic mass is 9.81. The average Bonchev–Trinajstić information content (AvgIpc) is 3.19. The topological polar surface area (TPSA) is 131 Å². The van der Waals surface area contributed by atoms with Crippen LogP contribution in [0.3, 0.4) is 0 Å². The molecule has 0 saturated carbocycles. The van der Waals surface area contributed by atoms with Crippen LogP contribution in [0.4, 0.5) is 4.39 Å². The van der Waals surface area contributed by atoms with E-state index in [1.54, 1.807) is 13.0 Å². The molecule has 2 aliphatic heterocycles. The lowest BCUT2D eigenvalue weighted by Gasteiger charge is -2.29. The quantitative estimate of drug-likeness (QED) is 0.377. The Morgan fingerprint density at radius 3 is 2.85 bits per heavy atom. The smallest absolute Gasteiger partial charge is 0.340 e. The van der Waals surface area contributed by atoms with Crippen LogP contribution in [0.2, 0.25) is 0 Å². The summed E-state index contributed by atoms with van der Waals surface area (Å²) >= 11 is 0. The van der Waals surface area contributed by atoms with E-state index in [2.05, 4.69) is 5.32 Å². The molecule has 0 fully saturated rings. The van der Waals surface area contributed by atoms with Crippen molar-refractivity contribution in [3.8, 4) is 11.4 Å². The number of ether oxygens (including phenoxy) is 1. The van der Waals surface area contributed by atoms with E-state index in [-0.39, 0.29) is 24.3 Å². The number of aromatic nitrogens is 2. The van der Waals surface area contributed by atoms with Crippen LogP contribution in [0, 0.1) is 12.7 Å². The minimum Gasteiger partial charge on any atom is -0.458 e. The third kappa shape index (κ3) is 2.72. The summed E-state index contributed by atoms with van der Waals surface area (Å²) in [6.45, 7) is 0.979. The number of cyclic esters (lactones) is 1. The molecule has 0 unspecified atom stereocenters. The number of halogens is 1. The fourth-order valence-electron chi connectivity index (χ4n) is 5.49. The number of benzene rings is 1. The van der Waals surface area contributed by atoms with Gasteiger partial charge in [0.25, 0.3) is 5.56 Å². The van der Waals surface area contributed by atoms with Crippen molar-refractivity contribution in [2.45, 2.75) is 45.1 Å². The normalized spacial score (nSPS) is 19.9. The predicted molar refractivity (Wildman–Crippen MR) is 116 cm³/mol. The fraction of sp³-hybridized carbons (Fsp3) is 0.333. The van der Waals surface area contributed by atoms with E-state index in [1.165, 1.54) is 10.6 Å². The molecular weight excluding hydrogens is 445 g/mol. The maximum absolute atomic E-state index is 14.8. The zero-order chi connectivity index (χ0) is 23.9. The van der Waals surface area contributed by atoms with Gasteiger partial charge < -0.3 is 24.8 Å². The van der Waals surface area contributed by atoms with E-state index in [0.29, 0.717) is 40.9 Å². The molecule has 9 nitrogen and oxygen atoms in total. The Kier molecular flexibility index (Phi) is 4.42. The number of pyridine rings is 2. The van der Waals surface area contributed by atoms with Crippen LogP contribution in [0.25, 0.3) is 22.3 Å². The lowest BCUT2D eigenvalue weighted by Crippen LogP contribution is -2.34. The van der Waals surface area contributed by atoms with Crippen LogP contribution in [-0.2, 0) is 33.9 Å². The predicted octanol–water partition coefficient (Wildman–Crippen LogP) is 1.06. The van der Waals surface area contributed by atoms with Gasteiger partial charge in [0.2, 0.25) is 5.91 Å². The van der Waals surface area contributed by atoms with Crippen molar-refractivity contribution in [2.75, 3.05) is 6.61 Å². The van der Waals surface area contributed by atoms with Gasteiger partial charge >= 0.3 is 5.97 Å². The summed E-state index contributed by atoms with van der Waals surface area (Å²) in [6.07, 6.45) is -0.553. The summed E-state index contributed by atoms with van der Waals surface area (Å²) in [6, 6.07) is 2.46. The monoisotopic (exact) mass is 465 g/mol. The molecule has 0 radical (unpaired) electrons. The molecule has 0 bridgehead atoms. The minimum atomic E-state index is -1.58. The Bertz CT molecular complexity index is 1510. The maximum Gasteiger partial charge on any atom is 0.340 e. The molecule has 2 aromatic heterocycles. The van der Waals surface area contributed by atoms with Crippen molar-refractivity contribution in [1.29, 1.82) is 0 Å². The zero-order valence-electron chi connectivity index (χ0n) is 18.1. The van der Waals surface area contributed by atoms with Crippen molar-refractivity contribution in [1.82, 2.24) is 14.9 Å². The average molecular weight is 465 g/mol. The Morgan fingerprint density at radius 2 is 2.09 bits per heavy atom. The second-order valence-electron chi connectivity index (χ2n) is 8.89. The van der Waals surface area contributed by atoms with Gasteiger partial charge in [-0.2, -0.15) is 0 Å². The summed E-state index contributed by atoms with van der Waals surface area (Å²) in [5.74, 6) is -1.75. The van der Waals surface area contributed by atoms with Gasteiger partial charge in [-0.3, -0.25) is 9.59 Å². The van der Waals surface area contributed by atoms with E-state index in [1.807, 2.05) is 0 Å². The van der Waals surface area contributed by atoms with Crippen molar-refractivity contribution in [2.24, 2.45) is 0 Å². The molecule has 3 N–H and O–H groups in total. The molecule has 34 heavy (non-hydrogen) atoms. The number of nitrogens with zero attached hydrogens (tertiary/aromatic N) is 2. The molecule has 3 aliphatic rings. The molecule has 6 rings (SSSR count). The van der Waals surface area contributed by atoms with Gasteiger partial charge in [0, 0.05) is 22.6 Å². The van der Waals surface area contributed by atoms with Gasteiger partial charge in [-0.05, 0) is 42.5 Å². The molecule has 10 heteroatoms. The highest BCUT2D eigenvalue weighted by atomic mass is 19.1. The van der Waals surface area contributed by atoms with Crippen molar-refractivity contribution < 1.29 is 28.9 Å². The Morgan fingerprint density at radius 1 is 1.29 bits per heavy atom. The molecule has 0 saturated heterocycles. The SMILES string of the molecule is Cc1c(F)cc2nc3c(c4c2c1CC[C@@H]4NC(=O)CO)Cn1c-3cc2c(c1=O)COC(=O)[C@H]2O. The van der Waals surface area contributed by atoms with Crippen molar-refractivity contribution in [3.63, 3.8) is 0 Å². The number of hydrogen-bond acceptors (Lipinski definition) is 7. The molecular formula is C24H20FN3O6. The van der Waals surface area contributed by atoms with Gasteiger partial charge in [0.1, 0.15) is 19.0 Å². The number of amides is 1. The van der Waals surface area contributed by atoms with Crippen LogP contribution >= 0.6 is 0 Å². The Balaban J connectivity index is 1.66. The number of hydrogen-bond donors (Lipinski definition) is 3. The summed E-state index contributed by atoms with van der Waals surface area (Å²) in [7, 11) is 0. The van der Waals surface area contributed by atoms with Gasteiger partial charge in [-0.25, -0.2) is 14.2 Å². The molecule has 4 heterocycles. The number of esters is 1. The molecule has 3 aromatic rings. The van der Waals surface area contributed by atoms with Gasteiger partial charge in [-0.15, -0.1) is 0 Å². The largest absolute Gasteiger partial charge is 0.458 e. The third-order valence-electron chi connectivity index (χ3n) is 7.13. The van der Waals surface area contributed by atoms with Gasteiger partial charge in [0.15, 0.2) is 6.10 Å². The highest BCUT2D eigenvalue weighted by Crippen LogP contribution is 2.45. The fourth-order valence-corrected chi connectivity index (χ4v) is 5.49. The number of aryl methyl sites for hydroxylation is 1. The maximum atomic E-state index is 14.8. The summed E-state index contributed by atoms with van der Waals surface area (Å²) in [4.78, 5) is 42.0. The van der Waals surface area contributed by atoms with Crippen LogP contribution in [0.1, 0.15) is 51.9 Å². The van der Waals surface area contributed by atoms with E-state index in [0.717, 1.165) is 16.5 Å². The number of aliphatic hydroxyl groups is 2. The molecule has 2 atom stereocenters. The summed E-state index contributed by atoms with van der Waals surface area (Å²) in [5, 5.41) is 23.2. The highest BCUT2D eigenvalue weighted by Gasteiger charge is 2.37. The minimum absolute atomic E-state index is 0.167. The number of carbonyl (C=O) groups is 2. The Labute approximate surface area is 191 Å². The number of carbonyl (C=O) groups excluding carboxylic acids is 2. The van der Waals surface area contributed by atoms with Crippen LogP contribution in [0.5, 0.6) is 0 Å². The van der Waals surface area contributed by atoms with Crippen molar-refractivity contribution in [3.05, 3.63) is 61.7 Å². The molecule has 0 spiro atoms. The van der Waals surface area contributed by atoms with Gasteiger partial charge in [-0.1, -0.05) is 0 Å². The molecule has 174 valence electrons. The van der Waals surface area contributed by atoms with Crippen LogP contribution < -0.4 is 10.9 Å². The van der Waals surface area contributed by atoms with Crippen LogP contribution in [-0.4, -0.2) is 38.2 Å². The zero-order valence-corrected chi connectivity index (χ0v) is 18.1. The van der Waals surface area contributed by atoms with Crippen molar-refractivity contribution >= 4 is 22.8 Å². The Hall–Kier alpha value is -3.63. The first-order chi connectivity index (χ1) is 16.3. The standard InChI is InChI=1S/C24H20FN3O6/c1-9-10-2-3-15(26-18(30)7-29)20-12-6-28-17(21(12)27-16(19(10)20)5-14(9)25)4-11-13(23(28)32)8-34-24(33)22(11)31/h4-5,15,22,29,31H,2-3,6-8H2,1H3,(H,26,30)/t15-,22-/m0/s1. The number of aliphatic hydroxyl groups excluding tert-OH is 2. The second-order valence-corrected chi connectivity index (χ2v) is 8.89. The first-order valence-corrected chi connectivity index (χ1v) is 11.0. The molecule has 1 aromatic carbocycles. The third-order valence-corrected chi connectivity index (χ3v) is 7.13. The number of fused-ring (bicyclic) bond motifs is 5. The van der Waals surface area contributed by atoms with E-state index in [4.69, 9.17) is 9.72 Å². The molecule has 1 amide bonds. The number of nitrogens with one attached hydrogen (secondary N) is 1. The summed E-state index contributed by atoms with van der Waals surface area (Å²) in [5.41, 5.74) is 4.02. The lowest BCUT2D eigenvalue weighted by molar-refractivity contribution is -0.157. The number of rotatable bonds is 2. The van der Waals surface area contributed by atoms with Crippen LogP contribution in [0.15, 0.2) is 16.9 Å². The van der Waals surface area contributed by atoms with E-state index in [9.17, 15) is 29.0 Å². The first-order valence-electron chi connectivity index (χ1n) is 11.0. The first kappa shape index (κ1) is 20.9.